The first kappa shape index (κ1) is 14.8. The summed E-state index contributed by atoms with van der Waals surface area (Å²) >= 11 is 0. The first-order valence-electron chi connectivity index (χ1n) is 6.57. The Labute approximate surface area is 108 Å². The summed E-state index contributed by atoms with van der Waals surface area (Å²) in [6.07, 6.45) is 6.14. The molecule has 0 radical (unpaired) electrons. The lowest BCUT2D eigenvalue weighted by atomic mass is 10.1. The number of rotatable bonds is 9. The zero-order valence-electron chi connectivity index (χ0n) is 11.1. The van der Waals surface area contributed by atoms with Crippen LogP contribution in [-0.2, 0) is 11.3 Å². The van der Waals surface area contributed by atoms with E-state index < -0.39 is 5.97 Å². The lowest BCUT2D eigenvalue weighted by Gasteiger charge is -2.11. The van der Waals surface area contributed by atoms with E-state index in [2.05, 4.69) is 6.92 Å². The van der Waals surface area contributed by atoms with Gasteiger partial charge in [0, 0.05) is 0 Å². The fourth-order valence-electron chi connectivity index (χ4n) is 1.74. The molecule has 1 aromatic heterocycles. The topological polar surface area (TPSA) is 59.7 Å². The van der Waals surface area contributed by atoms with Crippen LogP contribution >= 0.6 is 0 Å². The molecule has 1 N–H and O–H groups in total. The van der Waals surface area contributed by atoms with Gasteiger partial charge in [0.1, 0.15) is 12.4 Å². The Bertz CT molecular complexity index is 356. The summed E-state index contributed by atoms with van der Waals surface area (Å²) in [4.78, 5) is 10.6. The van der Waals surface area contributed by atoms with Gasteiger partial charge in [0.05, 0.1) is 6.10 Å². The highest BCUT2D eigenvalue weighted by molar-refractivity contribution is 5.84. The number of carboxylic acid groups (broad SMARTS) is 1. The van der Waals surface area contributed by atoms with Gasteiger partial charge in [-0.25, -0.2) is 4.79 Å². The molecular formula is C14H22O4. The molecule has 0 amide bonds. The van der Waals surface area contributed by atoms with Gasteiger partial charge in [-0.05, 0) is 25.5 Å². The summed E-state index contributed by atoms with van der Waals surface area (Å²) in [5, 5.41) is 8.71. The largest absolute Gasteiger partial charge is 0.475 e. The summed E-state index contributed by atoms with van der Waals surface area (Å²) in [5.41, 5.74) is 0. The van der Waals surface area contributed by atoms with Gasteiger partial charge in [-0.15, -0.1) is 0 Å². The SMILES string of the molecule is CCCCCCC(C)OCc1ccc(C(=O)O)o1. The summed E-state index contributed by atoms with van der Waals surface area (Å²) in [6.45, 7) is 4.56. The van der Waals surface area contributed by atoms with Gasteiger partial charge in [0.2, 0.25) is 5.76 Å². The van der Waals surface area contributed by atoms with Crippen molar-refractivity contribution < 1.29 is 19.1 Å². The molecule has 1 unspecified atom stereocenters. The van der Waals surface area contributed by atoms with Crippen molar-refractivity contribution in [3.63, 3.8) is 0 Å². The third-order valence-corrected chi connectivity index (χ3v) is 2.85. The Morgan fingerprint density at radius 3 is 2.78 bits per heavy atom. The maximum absolute atomic E-state index is 10.6. The Morgan fingerprint density at radius 2 is 2.17 bits per heavy atom. The smallest absolute Gasteiger partial charge is 0.371 e. The molecule has 4 heteroatoms. The highest BCUT2D eigenvalue weighted by Crippen LogP contribution is 2.13. The van der Waals surface area contributed by atoms with Gasteiger partial charge in [0.25, 0.3) is 0 Å². The van der Waals surface area contributed by atoms with Gasteiger partial charge < -0.3 is 14.3 Å². The maximum Gasteiger partial charge on any atom is 0.371 e. The average molecular weight is 254 g/mol. The highest BCUT2D eigenvalue weighted by atomic mass is 16.5. The van der Waals surface area contributed by atoms with E-state index in [0.717, 1.165) is 6.42 Å². The molecule has 1 atom stereocenters. The van der Waals surface area contributed by atoms with Gasteiger partial charge in [-0.1, -0.05) is 32.6 Å². The Balaban J connectivity index is 2.20. The standard InChI is InChI=1S/C14H22O4/c1-3-4-5-6-7-11(2)17-10-12-8-9-13(18-12)14(15)16/h8-9,11H,3-7,10H2,1-2H3,(H,15,16). The first-order valence-corrected chi connectivity index (χ1v) is 6.57. The quantitative estimate of drug-likeness (QED) is 0.680. The predicted octanol–water partition coefficient (Wildman–Crippen LogP) is 3.85. The molecule has 102 valence electrons. The van der Waals surface area contributed by atoms with E-state index in [-0.39, 0.29) is 11.9 Å². The van der Waals surface area contributed by atoms with E-state index in [1.54, 1.807) is 6.07 Å². The number of aromatic carboxylic acids is 1. The number of furan rings is 1. The van der Waals surface area contributed by atoms with Crippen molar-refractivity contribution in [1.82, 2.24) is 0 Å². The number of carboxylic acids is 1. The lowest BCUT2D eigenvalue weighted by Crippen LogP contribution is -2.07. The van der Waals surface area contributed by atoms with E-state index in [1.807, 2.05) is 6.92 Å². The van der Waals surface area contributed by atoms with Crippen LogP contribution in [0.5, 0.6) is 0 Å². The summed E-state index contributed by atoms with van der Waals surface area (Å²) in [6, 6.07) is 3.10. The molecule has 1 aromatic rings. The van der Waals surface area contributed by atoms with E-state index >= 15 is 0 Å². The summed E-state index contributed by atoms with van der Waals surface area (Å²) < 4.78 is 10.7. The number of unbranched alkanes of at least 4 members (excludes halogenated alkanes) is 3. The molecule has 0 spiro atoms. The van der Waals surface area contributed by atoms with Crippen molar-refractivity contribution in [3.8, 4) is 0 Å². The minimum absolute atomic E-state index is 0.0378. The van der Waals surface area contributed by atoms with Crippen molar-refractivity contribution >= 4 is 5.97 Å². The van der Waals surface area contributed by atoms with Crippen LogP contribution in [0.1, 0.15) is 62.3 Å². The van der Waals surface area contributed by atoms with E-state index in [1.165, 1.54) is 31.7 Å². The van der Waals surface area contributed by atoms with E-state index in [4.69, 9.17) is 14.3 Å². The molecular weight excluding hydrogens is 232 g/mol. The normalized spacial score (nSPS) is 12.6. The number of carbonyl (C=O) groups is 1. The Kier molecular flexibility index (Phi) is 6.50. The number of ether oxygens (including phenoxy) is 1. The molecule has 1 rings (SSSR count). The zero-order chi connectivity index (χ0) is 13.4. The molecule has 18 heavy (non-hydrogen) atoms. The molecule has 0 aromatic carbocycles. The maximum atomic E-state index is 10.6. The molecule has 0 saturated carbocycles. The molecule has 0 fully saturated rings. The van der Waals surface area contributed by atoms with Crippen LogP contribution in [0.2, 0.25) is 0 Å². The van der Waals surface area contributed by atoms with Crippen LogP contribution in [0, 0.1) is 0 Å². The Hall–Kier alpha value is -1.29. The van der Waals surface area contributed by atoms with Crippen LogP contribution in [0.3, 0.4) is 0 Å². The summed E-state index contributed by atoms with van der Waals surface area (Å²) in [5.74, 6) is -0.522. The third-order valence-electron chi connectivity index (χ3n) is 2.85. The van der Waals surface area contributed by atoms with Crippen molar-refractivity contribution in [2.45, 2.75) is 58.7 Å². The lowest BCUT2D eigenvalue weighted by molar-refractivity contribution is 0.0347. The number of hydrogen-bond acceptors (Lipinski definition) is 3. The first-order chi connectivity index (χ1) is 8.63. The van der Waals surface area contributed by atoms with Gasteiger partial charge in [-0.2, -0.15) is 0 Å². The van der Waals surface area contributed by atoms with E-state index in [9.17, 15) is 4.79 Å². The van der Waals surface area contributed by atoms with Crippen molar-refractivity contribution in [2.75, 3.05) is 0 Å². The van der Waals surface area contributed by atoms with E-state index in [0.29, 0.717) is 12.4 Å². The van der Waals surface area contributed by atoms with Crippen molar-refractivity contribution in [3.05, 3.63) is 23.7 Å². The predicted molar refractivity (Wildman–Crippen MR) is 68.7 cm³/mol. The fourth-order valence-corrected chi connectivity index (χ4v) is 1.74. The van der Waals surface area contributed by atoms with Gasteiger partial charge >= 0.3 is 5.97 Å². The second kappa shape index (κ2) is 7.93. The highest BCUT2D eigenvalue weighted by Gasteiger charge is 2.10. The average Bonchev–Trinajstić information content (AvgIpc) is 2.81. The molecule has 0 aliphatic rings. The number of hydrogen-bond donors (Lipinski definition) is 1. The second-order valence-corrected chi connectivity index (χ2v) is 4.54. The summed E-state index contributed by atoms with van der Waals surface area (Å²) in [7, 11) is 0. The molecule has 0 aliphatic heterocycles. The van der Waals surface area contributed by atoms with Crippen LogP contribution in [0.25, 0.3) is 0 Å². The van der Waals surface area contributed by atoms with Gasteiger partial charge in [0.15, 0.2) is 0 Å². The fraction of sp³-hybridized carbons (Fsp3) is 0.643. The Morgan fingerprint density at radius 1 is 1.39 bits per heavy atom. The monoisotopic (exact) mass is 254 g/mol. The van der Waals surface area contributed by atoms with Crippen LogP contribution < -0.4 is 0 Å². The second-order valence-electron chi connectivity index (χ2n) is 4.54. The van der Waals surface area contributed by atoms with Crippen LogP contribution in [-0.4, -0.2) is 17.2 Å². The zero-order valence-corrected chi connectivity index (χ0v) is 11.1. The van der Waals surface area contributed by atoms with Gasteiger partial charge in [-0.3, -0.25) is 0 Å². The van der Waals surface area contributed by atoms with Crippen molar-refractivity contribution in [2.24, 2.45) is 0 Å². The van der Waals surface area contributed by atoms with Crippen LogP contribution in [0.4, 0.5) is 0 Å². The molecule has 4 nitrogen and oxygen atoms in total. The molecule has 0 saturated heterocycles. The van der Waals surface area contributed by atoms with Crippen LogP contribution in [0.15, 0.2) is 16.5 Å². The molecule has 1 heterocycles. The third kappa shape index (κ3) is 5.36. The molecule has 0 aliphatic carbocycles. The molecule has 0 bridgehead atoms. The minimum atomic E-state index is -1.05. The minimum Gasteiger partial charge on any atom is -0.475 e. The van der Waals surface area contributed by atoms with Crippen molar-refractivity contribution in [1.29, 1.82) is 0 Å².